The van der Waals surface area contributed by atoms with E-state index in [-0.39, 0.29) is 12.4 Å². The van der Waals surface area contributed by atoms with E-state index in [1.54, 1.807) is 6.07 Å². The number of hydrogen-bond donors (Lipinski definition) is 1. The van der Waals surface area contributed by atoms with Gasteiger partial charge in [0.15, 0.2) is 0 Å². The van der Waals surface area contributed by atoms with Crippen molar-refractivity contribution in [3.05, 3.63) is 59.4 Å². The van der Waals surface area contributed by atoms with E-state index in [0.29, 0.717) is 5.56 Å². The zero-order chi connectivity index (χ0) is 13.8. The molecule has 19 heavy (non-hydrogen) atoms. The largest absolute Gasteiger partial charge is 0.341 e. The lowest BCUT2D eigenvalue weighted by atomic mass is 10.1. The lowest BCUT2D eigenvalue weighted by Crippen LogP contribution is -2.19. The molecule has 100 valence electrons. The zero-order valence-corrected chi connectivity index (χ0v) is 11.4. The second kappa shape index (κ2) is 5.85. The number of benzene rings is 2. The first-order valence-corrected chi connectivity index (χ1v) is 6.49. The van der Waals surface area contributed by atoms with Crippen LogP contribution in [0.3, 0.4) is 0 Å². The Bertz CT molecular complexity index is 566. The van der Waals surface area contributed by atoms with Crippen LogP contribution >= 0.6 is 0 Å². The minimum Gasteiger partial charge on any atom is -0.341 e. The van der Waals surface area contributed by atoms with Gasteiger partial charge in [0.05, 0.1) is 0 Å². The van der Waals surface area contributed by atoms with Gasteiger partial charge in [-0.25, -0.2) is 4.39 Å². The number of hydrogen-bond acceptors (Lipinski definition) is 2. The number of nitrogens with two attached hydrogens (primary N) is 1. The molecule has 0 saturated heterocycles. The van der Waals surface area contributed by atoms with Crippen molar-refractivity contribution in [3.8, 4) is 0 Å². The Morgan fingerprint density at radius 3 is 2.53 bits per heavy atom. The smallest absolute Gasteiger partial charge is 0.129 e. The summed E-state index contributed by atoms with van der Waals surface area (Å²) in [6.45, 7) is 5.06. The number of aryl methyl sites for hydroxylation is 1. The van der Waals surface area contributed by atoms with Crippen LogP contribution in [-0.2, 0) is 6.54 Å². The van der Waals surface area contributed by atoms with Gasteiger partial charge in [-0.3, -0.25) is 0 Å². The van der Waals surface area contributed by atoms with Crippen LogP contribution in [0.2, 0.25) is 0 Å². The SMILES string of the molecule is CCN(c1cccc(C)c1)c1cccc(F)c1CN. The van der Waals surface area contributed by atoms with E-state index in [1.807, 2.05) is 38.1 Å². The molecule has 2 nitrogen and oxygen atoms in total. The Hall–Kier alpha value is -1.87. The van der Waals surface area contributed by atoms with E-state index in [0.717, 1.165) is 17.9 Å². The summed E-state index contributed by atoms with van der Waals surface area (Å²) in [5.41, 5.74) is 9.33. The predicted molar refractivity (Wildman–Crippen MR) is 78.2 cm³/mol. The van der Waals surface area contributed by atoms with E-state index in [1.165, 1.54) is 11.6 Å². The molecule has 0 unspecified atom stereocenters. The van der Waals surface area contributed by atoms with Crippen molar-refractivity contribution in [2.24, 2.45) is 5.73 Å². The van der Waals surface area contributed by atoms with Gasteiger partial charge in [-0.15, -0.1) is 0 Å². The van der Waals surface area contributed by atoms with E-state index in [9.17, 15) is 4.39 Å². The number of anilines is 2. The fourth-order valence-electron chi connectivity index (χ4n) is 2.29. The molecule has 2 rings (SSSR count). The van der Waals surface area contributed by atoms with Crippen LogP contribution in [0.4, 0.5) is 15.8 Å². The third-order valence-electron chi connectivity index (χ3n) is 3.22. The fourth-order valence-corrected chi connectivity index (χ4v) is 2.29. The van der Waals surface area contributed by atoms with Crippen molar-refractivity contribution in [1.29, 1.82) is 0 Å². The van der Waals surface area contributed by atoms with Crippen LogP contribution in [-0.4, -0.2) is 6.54 Å². The molecule has 0 saturated carbocycles. The van der Waals surface area contributed by atoms with E-state index < -0.39 is 0 Å². The van der Waals surface area contributed by atoms with Crippen molar-refractivity contribution in [2.45, 2.75) is 20.4 Å². The van der Waals surface area contributed by atoms with Gasteiger partial charge in [0, 0.05) is 30.0 Å². The molecule has 3 heteroatoms. The molecular formula is C16H19FN2. The molecule has 0 atom stereocenters. The Kier molecular flexibility index (Phi) is 4.17. The standard InChI is InChI=1S/C16H19FN2/c1-3-19(13-7-4-6-12(2)10-13)16-9-5-8-15(17)14(16)11-18/h4-10H,3,11,18H2,1-2H3. The van der Waals surface area contributed by atoms with Gasteiger partial charge in [-0.2, -0.15) is 0 Å². The second-order valence-electron chi connectivity index (χ2n) is 4.52. The molecule has 0 fully saturated rings. The lowest BCUT2D eigenvalue weighted by molar-refractivity contribution is 0.610. The van der Waals surface area contributed by atoms with Gasteiger partial charge in [0.25, 0.3) is 0 Å². The first kappa shape index (κ1) is 13.6. The fraction of sp³-hybridized carbons (Fsp3) is 0.250. The summed E-state index contributed by atoms with van der Waals surface area (Å²) in [7, 11) is 0. The normalized spacial score (nSPS) is 10.5. The molecule has 2 aromatic carbocycles. The van der Waals surface area contributed by atoms with E-state index in [2.05, 4.69) is 11.0 Å². The number of halogens is 1. The molecule has 2 aromatic rings. The highest BCUT2D eigenvalue weighted by atomic mass is 19.1. The van der Waals surface area contributed by atoms with Crippen LogP contribution in [0.25, 0.3) is 0 Å². The first-order chi connectivity index (χ1) is 9.17. The summed E-state index contributed by atoms with van der Waals surface area (Å²) in [6, 6.07) is 13.3. The summed E-state index contributed by atoms with van der Waals surface area (Å²) in [5, 5.41) is 0. The molecule has 0 aromatic heterocycles. The van der Waals surface area contributed by atoms with Crippen molar-refractivity contribution in [2.75, 3.05) is 11.4 Å². The summed E-state index contributed by atoms with van der Waals surface area (Å²) >= 11 is 0. The molecule has 0 heterocycles. The molecule has 0 aliphatic rings. The maximum absolute atomic E-state index is 13.8. The quantitative estimate of drug-likeness (QED) is 0.905. The lowest BCUT2D eigenvalue weighted by Gasteiger charge is -2.26. The molecule has 0 amide bonds. The summed E-state index contributed by atoms with van der Waals surface area (Å²) in [5.74, 6) is -0.244. The molecule has 0 aliphatic carbocycles. The maximum atomic E-state index is 13.8. The van der Waals surface area contributed by atoms with Crippen LogP contribution in [0.15, 0.2) is 42.5 Å². The van der Waals surface area contributed by atoms with Crippen molar-refractivity contribution >= 4 is 11.4 Å². The van der Waals surface area contributed by atoms with Crippen molar-refractivity contribution in [3.63, 3.8) is 0 Å². The molecular weight excluding hydrogens is 239 g/mol. The third kappa shape index (κ3) is 2.76. The van der Waals surface area contributed by atoms with Gasteiger partial charge in [-0.1, -0.05) is 18.2 Å². The highest BCUT2D eigenvalue weighted by molar-refractivity contribution is 5.67. The highest BCUT2D eigenvalue weighted by Gasteiger charge is 2.14. The Labute approximate surface area is 113 Å². The highest BCUT2D eigenvalue weighted by Crippen LogP contribution is 2.30. The van der Waals surface area contributed by atoms with Gasteiger partial charge in [-0.05, 0) is 43.7 Å². The van der Waals surface area contributed by atoms with Gasteiger partial charge in [0.1, 0.15) is 5.82 Å². The minimum atomic E-state index is -0.244. The van der Waals surface area contributed by atoms with Crippen LogP contribution in [0.5, 0.6) is 0 Å². The average Bonchev–Trinajstić information content (AvgIpc) is 2.40. The number of rotatable bonds is 4. The third-order valence-corrected chi connectivity index (χ3v) is 3.22. The van der Waals surface area contributed by atoms with E-state index in [4.69, 9.17) is 5.73 Å². The van der Waals surface area contributed by atoms with Crippen LogP contribution in [0, 0.1) is 12.7 Å². The molecule has 0 bridgehead atoms. The van der Waals surface area contributed by atoms with Crippen molar-refractivity contribution in [1.82, 2.24) is 0 Å². The molecule has 0 spiro atoms. The first-order valence-electron chi connectivity index (χ1n) is 6.49. The van der Waals surface area contributed by atoms with E-state index >= 15 is 0 Å². The Morgan fingerprint density at radius 1 is 1.16 bits per heavy atom. The maximum Gasteiger partial charge on any atom is 0.129 e. The van der Waals surface area contributed by atoms with Crippen LogP contribution in [0.1, 0.15) is 18.1 Å². The minimum absolute atomic E-state index is 0.199. The molecule has 2 N–H and O–H groups in total. The Balaban J connectivity index is 2.51. The summed E-state index contributed by atoms with van der Waals surface area (Å²) < 4.78 is 13.8. The summed E-state index contributed by atoms with van der Waals surface area (Å²) in [6.07, 6.45) is 0. The Morgan fingerprint density at radius 2 is 1.89 bits per heavy atom. The van der Waals surface area contributed by atoms with Crippen LogP contribution < -0.4 is 10.6 Å². The summed E-state index contributed by atoms with van der Waals surface area (Å²) in [4.78, 5) is 2.08. The predicted octanol–water partition coefficient (Wildman–Crippen LogP) is 3.75. The average molecular weight is 258 g/mol. The number of nitrogens with zero attached hydrogens (tertiary/aromatic N) is 1. The second-order valence-corrected chi connectivity index (χ2v) is 4.52. The van der Waals surface area contributed by atoms with Gasteiger partial charge >= 0.3 is 0 Å². The molecule has 0 radical (unpaired) electrons. The van der Waals surface area contributed by atoms with Gasteiger partial charge in [0.2, 0.25) is 0 Å². The van der Waals surface area contributed by atoms with Gasteiger partial charge < -0.3 is 10.6 Å². The monoisotopic (exact) mass is 258 g/mol. The topological polar surface area (TPSA) is 29.3 Å². The molecule has 0 aliphatic heterocycles. The zero-order valence-electron chi connectivity index (χ0n) is 11.4. The van der Waals surface area contributed by atoms with Crippen molar-refractivity contribution < 1.29 is 4.39 Å².